The first-order valence-corrected chi connectivity index (χ1v) is 8.55. The van der Waals surface area contributed by atoms with E-state index in [9.17, 15) is 0 Å². The summed E-state index contributed by atoms with van der Waals surface area (Å²) in [6.45, 7) is 4.64. The van der Waals surface area contributed by atoms with Crippen LogP contribution in [0.1, 0.15) is 24.5 Å². The molecule has 0 spiro atoms. The van der Waals surface area contributed by atoms with Crippen LogP contribution >= 0.6 is 0 Å². The van der Waals surface area contributed by atoms with Crippen LogP contribution in [0.2, 0.25) is 0 Å². The molecule has 4 nitrogen and oxygen atoms in total. The van der Waals surface area contributed by atoms with Crippen molar-refractivity contribution in [1.29, 1.82) is 0 Å². The summed E-state index contributed by atoms with van der Waals surface area (Å²) in [4.78, 5) is 5.95. The minimum atomic E-state index is -0.177. The summed E-state index contributed by atoms with van der Waals surface area (Å²) in [5.74, 6) is 0. The van der Waals surface area contributed by atoms with Crippen LogP contribution in [-0.2, 0) is 27.5 Å². The highest BCUT2D eigenvalue weighted by molar-refractivity contribution is 5.15. The molecule has 0 saturated carbocycles. The highest BCUT2D eigenvalue weighted by atomic mass is 16.8. The summed E-state index contributed by atoms with van der Waals surface area (Å²) in [7, 11) is 0. The second kappa shape index (κ2) is 8.94. The fraction of sp³-hybridized carbons (Fsp3) is 0.400. The average molecular weight is 327 g/mol. The molecule has 0 unspecified atom stereocenters. The molecule has 1 fully saturated rings. The van der Waals surface area contributed by atoms with Gasteiger partial charge >= 0.3 is 0 Å². The van der Waals surface area contributed by atoms with Crippen LogP contribution in [0.4, 0.5) is 0 Å². The number of nitrogens with zero attached hydrogens (tertiary/aromatic N) is 1. The number of hydroxylamine groups is 2. The fourth-order valence-corrected chi connectivity index (χ4v) is 2.87. The van der Waals surface area contributed by atoms with Gasteiger partial charge in [-0.25, -0.2) is 0 Å². The normalized spacial score (nSPS) is 21.2. The van der Waals surface area contributed by atoms with Crippen molar-refractivity contribution < 1.29 is 14.3 Å². The van der Waals surface area contributed by atoms with E-state index in [0.29, 0.717) is 19.8 Å². The predicted octanol–water partition coefficient (Wildman–Crippen LogP) is 3.77. The van der Waals surface area contributed by atoms with Gasteiger partial charge in [0.05, 0.1) is 19.3 Å². The maximum absolute atomic E-state index is 5.95. The van der Waals surface area contributed by atoms with E-state index < -0.39 is 0 Å². The predicted molar refractivity (Wildman–Crippen MR) is 93.0 cm³/mol. The van der Waals surface area contributed by atoms with Crippen molar-refractivity contribution in [2.24, 2.45) is 0 Å². The summed E-state index contributed by atoms with van der Waals surface area (Å²) in [5.41, 5.74) is 2.41. The largest absolute Gasteiger partial charge is 0.375 e. The number of ether oxygens (including phenoxy) is 2. The van der Waals surface area contributed by atoms with E-state index in [1.165, 1.54) is 11.1 Å². The van der Waals surface area contributed by atoms with Gasteiger partial charge in [-0.2, -0.15) is 5.06 Å². The molecule has 1 saturated heterocycles. The van der Waals surface area contributed by atoms with Crippen LogP contribution < -0.4 is 0 Å². The first-order chi connectivity index (χ1) is 11.8. The fourth-order valence-electron chi connectivity index (χ4n) is 2.87. The molecular weight excluding hydrogens is 302 g/mol. The third-order valence-electron chi connectivity index (χ3n) is 4.08. The first kappa shape index (κ1) is 17.1. The van der Waals surface area contributed by atoms with Crippen LogP contribution in [0.3, 0.4) is 0 Å². The maximum atomic E-state index is 5.95. The second-order valence-electron chi connectivity index (χ2n) is 5.94. The highest BCUT2D eigenvalue weighted by Crippen LogP contribution is 2.24. The van der Waals surface area contributed by atoms with Crippen molar-refractivity contribution in [3.05, 3.63) is 71.8 Å². The quantitative estimate of drug-likeness (QED) is 0.738. The van der Waals surface area contributed by atoms with Crippen molar-refractivity contribution in [1.82, 2.24) is 5.06 Å². The van der Waals surface area contributed by atoms with E-state index in [-0.39, 0.29) is 12.3 Å². The van der Waals surface area contributed by atoms with E-state index in [1.807, 2.05) is 48.4 Å². The molecule has 0 bridgehead atoms. The molecule has 3 rings (SSSR count). The Hall–Kier alpha value is -1.72. The summed E-state index contributed by atoms with van der Waals surface area (Å²) < 4.78 is 11.6. The van der Waals surface area contributed by atoms with Gasteiger partial charge in [-0.15, -0.1) is 0 Å². The van der Waals surface area contributed by atoms with Gasteiger partial charge in [0.1, 0.15) is 0 Å². The summed E-state index contributed by atoms with van der Waals surface area (Å²) in [6, 6.07) is 20.8. The molecule has 24 heavy (non-hydrogen) atoms. The number of hydrogen-bond donors (Lipinski definition) is 0. The van der Waals surface area contributed by atoms with Crippen LogP contribution in [-0.4, -0.2) is 30.6 Å². The Bertz CT molecular complexity index is 590. The SMILES string of the molecule is CCO[C@H]1C[C@@H](COCc2ccccc2)N(Cc2ccccc2)O1. The molecular formula is C20H25NO3. The second-order valence-corrected chi connectivity index (χ2v) is 5.94. The molecule has 2 atom stereocenters. The van der Waals surface area contributed by atoms with Gasteiger partial charge in [-0.3, -0.25) is 4.84 Å². The van der Waals surface area contributed by atoms with E-state index in [1.54, 1.807) is 0 Å². The lowest BCUT2D eigenvalue weighted by Crippen LogP contribution is -2.31. The zero-order valence-corrected chi connectivity index (χ0v) is 14.1. The lowest BCUT2D eigenvalue weighted by atomic mass is 10.2. The monoisotopic (exact) mass is 327 g/mol. The third kappa shape index (κ3) is 4.89. The van der Waals surface area contributed by atoms with Gasteiger partial charge < -0.3 is 9.47 Å². The van der Waals surface area contributed by atoms with E-state index in [4.69, 9.17) is 14.3 Å². The Balaban J connectivity index is 1.55. The molecule has 0 amide bonds. The average Bonchev–Trinajstić information content (AvgIpc) is 2.98. The van der Waals surface area contributed by atoms with Gasteiger partial charge in [0.2, 0.25) is 0 Å². The van der Waals surface area contributed by atoms with Crippen molar-refractivity contribution >= 4 is 0 Å². The molecule has 2 aromatic rings. The number of hydrogen-bond acceptors (Lipinski definition) is 4. The first-order valence-electron chi connectivity index (χ1n) is 8.55. The number of rotatable bonds is 8. The van der Waals surface area contributed by atoms with Crippen molar-refractivity contribution in [3.8, 4) is 0 Å². The van der Waals surface area contributed by atoms with Crippen LogP contribution in [0.25, 0.3) is 0 Å². The molecule has 2 aromatic carbocycles. The molecule has 4 heteroatoms. The minimum Gasteiger partial charge on any atom is -0.375 e. The molecule has 1 heterocycles. The Labute approximate surface area is 143 Å². The van der Waals surface area contributed by atoms with Gasteiger partial charge in [0, 0.05) is 19.6 Å². The molecule has 0 radical (unpaired) electrons. The van der Waals surface area contributed by atoms with E-state index in [2.05, 4.69) is 24.3 Å². The Morgan fingerprint density at radius 3 is 2.33 bits per heavy atom. The standard InChI is InChI=1S/C20H25NO3/c1-2-23-20-13-19(16-22-15-18-11-7-4-8-12-18)21(24-20)14-17-9-5-3-6-10-17/h3-12,19-20H,2,13-16H2,1H3/t19-,20+/m0/s1. The van der Waals surface area contributed by atoms with Crippen LogP contribution in [0.15, 0.2) is 60.7 Å². The Morgan fingerprint density at radius 2 is 1.67 bits per heavy atom. The molecule has 0 aromatic heterocycles. The summed E-state index contributed by atoms with van der Waals surface area (Å²) >= 11 is 0. The van der Waals surface area contributed by atoms with Crippen molar-refractivity contribution in [2.75, 3.05) is 13.2 Å². The van der Waals surface area contributed by atoms with Gasteiger partial charge in [-0.1, -0.05) is 60.7 Å². The van der Waals surface area contributed by atoms with Gasteiger partial charge in [0.15, 0.2) is 6.29 Å². The van der Waals surface area contributed by atoms with Crippen molar-refractivity contribution in [2.45, 2.75) is 38.8 Å². The topological polar surface area (TPSA) is 30.9 Å². The maximum Gasteiger partial charge on any atom is 0.179 e. The van der Waals surface area contributed by atoms with Crippen LogP contribution in [0.5, 0.6) is 0 Å². The molecule has 128 valence electrons. The molecule has 1 aliphatic heterocycles. The lowest BCUT2D eigenvalue weighted by molar-refractivity contribution is -0.245. The number of benzene rings is 2. The zero-order chi connectivity index (χ0) is 16.6. The molecule has 0 N–H and O–H groups in total. The Morgan fingerprint density at radius 1 is 1.00 bits per heavy atom. The van der Waals surface area contributed by atoms with Crippen molar-refractivity contribution in [3.63, 3.8) is 0 Å². The van der Waals surface area contributed by atoms with E-state index in [0.717, 1.165) is 13.0 Å². The zero-order valence-electron chi connectivity index (χ0n) is 14.1. The third-order valence-corrected chi connectivity index (χ3v) is 4.08. The lowest BCUT2D eigenvalue weighted by Gasteiger charge is -2.22. The van der Waals surface area contributed by atoms with E-state index >= 15 is 0 Å². The molecule has 1 aliphatic rings. The Kier molecular flexibility index (Phi) is 6.38. The highest BCUT2D eigenvalue weighted by Gasteiger charge is 2.34. The van der Waals surface area contributed by atoms with Crippen LogP contribution in [0, 0.1) is 0 Å². The minimum absolute atomic E-state index is 0.177. The smallest absolute Gasteiger partial charge is 0.179 e. The molecule has 0 aliphatic carbocycles. The van der Waals surface area contributed by atoms with Gasteiger partial charge in [-0.05, 0) is 18.1 Å². The summed E-state index contributed by atoms with van der Waals surface area (Å²) in [6.07, 6.45) is 0.652. The summed E-state index contributed by atoms with van der Waals surface area (Å²) in [5, 5.41) is 2.00. The van der Waals surface area contributed by atoms with Gasteiger partial charge in [0.25, 0.3) is 0 Å².